The number of nitrogens with zero attached hydrogens (tertiary/aromatic N) is 3. The molecule has 2 heterocycles. The molecule has 0 spiro atoms. The Morgan fingerprint density at radius 2 is 1.96 bits per heavy atom. The molecule has 1 saturated heterocycles. The number of thiocarbonyl (C=S) groups is 1. The van der Waals surface area contributed by atoms with Gasteiger partial charge in [-0.25, -0.2) is 0 Å². The van der Waals surface area contributed by atoms with Crippen LogP contribution in [0.25, 0.3) is 6.08 Å². The number of hydrogen-bond donors (Lipinski definition) is 1. The van der Waals surface area contributed by atoms with Crippen LogP contribution in [0.15, 0.2) is 42.4 Å². The van der Waals surface area contributed by atoms with Crippen molar-refractivity contribution in [2.75, 3.05) is 0 Å². The minimum atomic E-state index is -4.39. The van der Waals surface area contributed by atoms with Gasteiger partial charge in [-0.1, -0.05) is 12.1 Å². The molecule has 9 heteroatoms. The average Bonchev–Trinajstić information content (AvgIpc) is 3.15. The van der Waals surface area contributed by atoms with Crippen LogP contribution in [0.3, 0.4) is 0 Å². The minimum absolute atomic E-state index is 0.220. The molecular formula is C17H15F3N4OS. The molecule has 0 radical (unpaired) electrons. The maximum Gasteiger partial charge on any atom is 0.416 e. The van der Waals surface area contributed by atoms with Crippen molar-refractivity contribution in [3.05, 3.63) is 59.0 Å². The third-order valence-electron chi connectivity index (χ3n) is 3.86. The summed E-state index contributed by atoms with van der Waals surface area (Å²) >= 11 is 5.19. The van der Waals surface area contributed by atoms with Crippen LogP contribution in [0.2, 0.25) is 0 Å². The molecular weight excluding hydrogens is 365 g/mol. The zero-order valence-electron chi connectivity index (χ0n) is 13.7. The SMILES string of the molecule is CCn1cc(CN2C(=O)/C(=C\c3ccc(C(F)(F)F)cc3)NC2=S)cn1. The minimum Gasteiger partial charge on any atom is -0.328 e. The van der Waals surface area contributed by atoms with E-state index in [1.54, 1.807) is 10.9 Å². The Morgan fingerprint density at radius 1 is 1.27 bits per heavy atom. The Labute approximate surface area is 153 Å². The molecule has 1 aliphatic rings. The Kier molecular flexibility index (Phi) is 4.82. The molecule has 2 aromatic rings. The molecule has 136 valence electrons. The maximum atomic E-state index is 12.6. The number of alkyl halides is 3. The summed E-state index contributed by atoms with van der Waals surface area (Å²) in [6.45, 7) is 2.94. The molecule has 5 nitrogen and oxygen atoms in total. The number of nitrogens with one attached hydrogen (secondary N) is 1. The second-order valence-corrected chi connectivity index (χ2v) is 6.09. The summed E-state index contributed by atoms with van der Waals surface area (Å²) in [6.07, 6.45) is 0.572. The summed E-state index contributed by atoms with van der Waals surface area (Å²) in [5, 5.41) is 7.21. The van der Waals surface area contributed by atoms with Gasteiger partial charge in [0, 0.05) is 18.3 Å². The van der Waals surface area contributed by atoms with Crippen molar-refractivity contribution < 1.29 is 18.0 Å². The molecule has 3 rings (SSSR count). The van der Waals surface area contributed by atoms with Crippen molar-refractivity contribution in [2.45, 2.75) is 26.2 Å². The first-order valence-corrected chi connectivity index (χ1v) is 8.22. The van der Waals surface area contributed by atoms with E-state index in [9.17, 15) is 18.0 Å². The lowest BCUT2D eigenvalue weighted by atomic mass is 10.1. The van der Waals surface area contributed by atoms with Gasteiger partial charge in [-0.2, -0.15) is 18.3 Å². The summed E-state index contributed by atoms with van der Waals surface area (Å²) < 4.78 is 39.6. The zero-order chi connectivity index (χ0) is 18.9. The number of rotatable bonds is 4. The maximum absolute atomic E-state index is 12.6. The van der Waals surface area contributed by atoms with Gasteiger partial charge in [0.25, 0.3) is 5.91 Å². The summed E-state index contributed by atoms with van der Waals surface area (Å²) in [7, 11) is 0. The second-order valence-electron chi connectivity index (χ2n) is 5.70. The van der Waals surface area contributed by atoms with Crippen molar-refractivity contribution in [3.8, 4) is 0 Å². The van der Waals surface area contributed by atoms with E-state index >= 15 is 0 Å². The predicted octanol–water partition coefficient (Wildman–Crippen LogP) is 3.18. The first-order chi connectivity index (χ1) is 12.3. The molecule has 1 N–H and O–H groups in total. The fourth-order valence-corrected chi connectivity index (χ4v) is 2.75. The van der Waals surface area contributed by atoms with Crippen molar-refractivity contribution in [3.63, 3.8) is 0 Å². The Hall–Kier alpha value is -2.68. The summed E-state index contributed by atoms with van der Waals surface area (Å²) in [5.41, 5.74) is 0.783. The van der Waals surface area contributed by atoms with Crippen molar-refractivity contribution >= 4 is 29.3 Å². The van der Waals surface area contributed by atoms with Crippen molar-refractivity contribution in [1.29, 1.82) is 0 Å². The van der Waals surface area contributed by atoms with E-state index < -0.39 is 11.7 Å². The molecule has 1 aromatic carbocycles. The molecule has 26 heavy (non-hydrogen) atoms. The predicted molar refractivity (Wildman–Crippen MR) is 93.6 cm³/mol. The summed E-state index contributed by atoms with van der Waals surface area (Å²) in [6, 6.07) is 4.56. The average molecular weight is 380 g/mol. The first kappa shape index (κ1) is 18.1. The quantitative estimate of drug-likeness (QED) is 0.654. The van der Waals surface area contributed by atoms with Crippen LogP contribution in [0.1, 0.15) is 23.6 Å². The molecule has 1 aromatic heterocycles. The van der Waals surface area contributed by atoms with E-state index in [1.165, 1.54) is 23.1 Å². The Morgan fingerprint density at radius 3 is 2.54 bits per heavy atom. The first-order valence-electron chi connectivity index (χ1n) is 7.81. The van der Waals surface area contributed by atoms with Gasteiger partial charge >= 0.3 is 6.18 Å². The second kappa shape index (κ2) is 6.91. The molecule has 0 unspecified atom stereocenters. The number of hydrogen-bond acceptors (Lipinski definition) is 3. The van der Waals surface area contributed by atoms with Crippen LogP contribution >= 0.6 is 12.2 Å². The molecule has 0 bridgehead atoms. The van der Waals surface area contributed by atoms with Crippen LogP contribution in [0, 0.1) is 0 Å². The highest BCUT2D eigenvalue weighted by atomic mass is 32.1. The van der Waals surface area contributed by atoms with E-state index in [4.69, 9.17) is 12.2 Å². The van der Waals surface area contributed by atoms with E-state index in [1.807, 2.05) is 13.1 Å². The third kappa shape index (κ3) is 3.77. The standard InChI is InChI=1S/C17H15F3N4OS/c1-2-23-9-12(8-21-23)10-24-15(25)14(22-16(24)26)7-11-3-5-13(6-4-11)17(18,19)20/h3-9H,2,10H2,1H3,(H,22,26)/b14-7+. The fourth-order valence-electron chi connectivity index (χ4n) is 2.49. The highest BCUT2D eigenvalue weighted by Crippen LogP contribution is 2.29. The Bertz CT molecular complexity index is 871. The topological polar surface area (TPSA) is 50.2 Å². The molecule has 0 aliphatic carbocycles. The molecule has 1 fully saturated rings. The number of aryl methyl sites for hydroxylation is 1. The zero-order valence-corrected chi connectivity index (χ0v) is 14.6. The summed E-state index contributed by atoms with van der Waals surface area (Å²) in [5.74, 6) is -0.334. The molecule has 1 aliphatic heterocycles. The van der Waals surface area contributed by atoms with Gasteiger partial charge in [-0.15, -0.1) is 0 Å². The lowest BCUT2D eigenvalue weighted by molar-refractivity contribution is -0.137. The molecule has 0 atom stereocenters. The number of carbonyl (C=O) groups is 1. The normalized spacial score (nSPS) is 16.5. The Balaban J connectivity index is 1.76. The highest BCUT2D eigenvalue weighted by Gasteiger charge is 2.32. The van der Waals surface area contributed by atoms with E-state index in [2.05, 4.69) is 10.4 Å². The van der Waals surface area contributed by atoms with Crippen LogP contribution in [-0.2, 0) is 24.1 Å². The van der Waals surface area contributed by atoms with E-state index in [0.29, 0.717) is 5.56 Å². The van der Waals surface area contributed by atoms with Crippen molar-refractivity contribution in [2.24, 2.45) is 0 Å². The lowest BCUT2D eigenvalue weighted by Gasteiger charge is -2.12. The molecule has 1 amide bonds. The summed E-state index contributed by atoms with van der Waals surface area (Å²) in [4.78, 5) is 13.9. The van der Waals surface area contributed by atoms with Crippen LogP contribution in [0.5, 0.6) is 0 Å². The number of aromatic nitrogens is 2. The van der Waals surface area contributed by atoms with E-state index in [0.717, 1.165) is 24.2 Å². The largest absolute Gasteiger partial charge is 0.416 e. The van der Waals surface area contributed by atoms with Gasteiger partial charge in [0.2, 0.25) is 0 Å². The smallest absolute Gasteiger partial charge is 0.328 e. The fraction of sp³-hybridized carbons (Fsp3) is 0.235. The number of carbonyl (C=O) groups excluding carboxylic acids is 1. The van der Waals surface area contributed by atoms with Crippen LogP contribution in [0.4, 0.5) is 13.2 Å². The number of amides is 1. The lowest BCUT2D eigenvalue weighted by Crippen LogP contribution is -2.29. The van der Waals surface area contributed by atoms with Gasteiger partial charge < -0.3 is 5.32 Å². The van der Waals surface area contributed by atoms with Crippen LogP contribution in [-0.4, -0.2) is 25.7 Å². The van der Waals surface area contributed by atoms with Crippen LogP contribution < -0.4 is 5.32 Å². The van der Waals surface area contributed by atoms with Gasteiger partial charge in [0.15, 0.2) is 5.11 Å². The van der Waals surface area contributed by atoms with Gasteiger partial charge in [0.1, 0.15) is 5.70 Å². The van der Waals surface area contributed by atoms with Gasteiger partial charge in [-0.05, 0) is 42.9 Å². The van der Waals surface area contributed by atoms with Gasteiger partial charge in [0.05, 0.1) is 18.3 Å². The monoisotopic (exact) mass is 380 g/mol. The van der Waals surface area contributed by atoms with Gasteiger partial charge in [-0.3, -0.25) is 14.4 Å². The highest BCUT2D eigenvalue weighted by molar-refractivity contribution is 7.80. The van der Waals surface area contributed by atoms with Crippen molar-refractivity contribution in [1.82, 2.24) is 20.0 Å². The third-order valence-corrected chi connectivity index (χ3v) is 4.19. The number of benzene rings is 1. The molecule has 0 saturated carbocycles. The van der Waals surface area contributed by atoms with E-state index in [-0.39, 0.29) is 23.3 Å². The number of halogens is 3.